The zero-order valence-electron chi connectivity index (χ0n) is 18.4. The lowest BCUT2D eigenvalue weighted by atomic mass is 10.1. The molecule has 1 N–H and O–H groups in total. The van der Waals surface area contributed by atoms with Crippen molar-refractivity contribution in [3.05, 3.63) is 53.6 Å². The molecule has 2 amide bonds. The maximum Gasteiger partial charge on any atom is 0.229 e. The van der Waals surface area contributed by atoms with Crippen molar-refractivity contribution in [2.75, 3.05) is 37.0 Å². The molecule has 0 aromatic heterocycles. The van der Waals surface area contributed by atoms with Crippen LogP contribution in [0.4, 0.5) is 11.4 Å². The molecular formula is C25H31N3O3. The van der Waals surface area contributed by atoms with Crippen molar-refractivity contribution >= 4 is 23.2 Å². The van der Waals surface area contributed by atoms with E-state index in [0.29, 0.717) is 12.3 Å². The van der Waals surface area contributed by atoms with Crippen LogP contribution in [0.1, 0.15) is 36.8 Å². The van der Waals surface area contributed by atoms with Crippen LogP contribution in [0, 0.1) is 12.8 Å². The van der Waals surface area contributed by atoms with Gasteiger partial charge >= 0.3 is 0 Å². The van der Waals surface area contributed by atoms with Crippen LogP contribution in [0.15, 0.2) is 42.5 Å². The number of ether oxygens (including phenoxy) is 1. The molecule has 2 aliphatic heterocycles. The predicted octanol–water partition coefficient (Wildman–Crippen LogP) is 3.98. The summed E-state index contributed by atoms with van der Waals surface area (Å²) in [4.78, 5) is 29.6. The van der Waals surface area contributed by atoms with Gasteiger partial charge in [-0.3, -0.25) is 14.5 Å². The second-order valence-electron chi connectivity index (χ2n) is 8.60. The predicted molar refractivity (Wildman–Crippen MR) is 122 cm³/mol. The molecular weight excluding hydrogens is 390 g/mol. The maximum atomic E-state index is 12.8. The number of piperidine rings is 1. The molecule has 0 bridgehead atoms. The topological polar surface area (TPSA) is 61.9 Å². The lowest BCUT2D eigenvalue weighted by molar-refractivity contribution is -0.122. The maximum absolute atomic E-state index is 12.8. The fraction of sp³-hybridized carbons (Fsp3) is 0.440. The van der Waals surface area contributed by atoms with E-state index in [0.717, 1.165) is 36.6 Å². The Morgan fingerprint density at radius 2 is 1.84 bits per heavy atom. The van der Waals surface area contributed by atoms with E-state index < -0.39 is 0 Å². The first kappa shape index (κ1) is 21.4. The minimum Gasteiger partial charge on any atom is -0.495 e. The summed E-state index contributed by atoms with van der Waals surface area (Å²) in [5.41, 5.74) is 3.80. The van der Waals surface area contributed by atoms with Crippen molar-refractivity contribution in [1.82, 2.24) is 4.90 Å². The third-order valence-electron chi connectivity index (χ3n) is 6.20. The Morgan fingerprint density at radius 1 is 1.10 bits per heavy atom. The van der Waals surface area contributed by atoms with Gasteiger partial charge in [-0.2, -0.15) is 0 Å². The minimum atomic E-state index is -0.384. The monoisotopic (exact) mass is 421 g/mol. The zero-order chi connectivity index (χ0) is 21.8. The number of likely N-dealkylation sites (tertiary alicyclic amines) is 1. The number of amides is 2. The molecule has 164 valence electrons. The van der Waals surface area contributed by atoms with Gasteiger partial charge in [-0.1, -0.05) is 24.6 Å². The van der Waals surface area contributed by atoms with Gasteiger partial charge in [0.1, 0.15) is 5.75 Å². The standard InChI is InChI=1S/C25H31N3O3/c1-18-6-11-23(31-2)22(14-18)28-17-20(15-24(28)29)25(30)26-21-9-7-19(8-10-21)16-27-12-4-3-5-13-27/h6-11,14,20H,3-5,12-13,15-17H2,1-2H3,(H,26,30). The van der Waals surface area contributed by atoms with Crippen LogP contribution in [0.5, 0.6) is 5.75 Å². The van der Waals surface area contributed by atoms with Crippen molar-refractivity contribution in [2.45, 2.75) is 39.2 Å². The van der Waals surface area contributed by atoms with Crippen molar-refractivity contribution < 1.29 is 14.3 Å². The number of hydrogen-bond donors (Lipinski definition) is 1. The Balaban J connectivity index is 1.37. The molecule has 2 saturated heterocycles. The number of carbonyl (C=O) groups excluding carboxylic acids is 2. The lowest BCUT2D eigenvalue weighted by Crippen LogP contribution is -2.29. The Hall–Kier alpha value is -2.86. The van der Waals surface area contributed by atoms with E-state index in [1.165, 1.54) is 24.8 Å². The molecule has 2 aliphatic rings. The largest absolute Gasteiger partial charge is 0.495 e. The van der Waals surface area contributed by atoms with E-state index in [2.05, 4.69) is 22.3 Å². The van der Waals surface area contributed by atoms with Crippen molar-refractivity contribution in [3.63, 3.8) is 0 Å². The summed E-state index contributed by atoms with van der Waals surface area (Å²) in [7, 11) is 1.59. The Bertz CT molecular complexity index is 936. The highest BCUT2D eigenvalue weighted by Gasteiger charge is 2.36. The third kappa shape index (κ3) is 5.07. The summed E-state index contributed by atoms with van der Waals surface area (Å²) in [6, 6.07) is 13.8. The van der Waals surface area contributed by atoms with E-state index in [-0.39, 0.29) is 24.2 Å². The summed E-state index contributed by atoms with van der Waals surface area (Å²) < 4.78 is 5.42. The average Bonchev–Trinajstić information content (AvgIpc) is 3.17. The van der Waals surface area contributed by atoms with Gasteiger partial charge in [0.05, 0.1) is 18.7 Å². The van der Waals surface area contributed by atoms with Gasteiger partial charge in [-0.05, 0) is 68.2 Å². The zero-order valence-corrected chi connectivity index (χ0v) is 18.4. The van der Waals surface area contributed by atoms with Gasteiger partial charge in [-0.15, -0.1) is 0 Å². The quantitative estimate of drug-likeness (QED) is 0.766. The van der Waals surface area contributed by atoms with Gasteiger partial charge in [0.15, 0.2) is 0 Å². The highest BCUT2D eigenvalue weighted by Crippen LogP contribution is 2.34. The molecule has 6 nitrogen and oxygen atoms in total. The Kier molecular flexibility index (Phi) is 6.56. The number of hydrogen-bond acceptors (Lipinski definition) is 4. The summed E-state index contributed by atoms with van der Waals surface area (Å²) in [6.07, 6.45) is 4.09. The van der Waals surface area contributed by atoms with Crippen LogP contribution in [-0.2, 0) is 16.1 Å². The van der Waals surface area contributed by atoms with E-state index in [9.17, 15) is 9.59 Å². The van der Waals surface area contributed by atoms with Gasteiger partial charge in [-0.25, -0.2) is 0 Å². The van der Waals surface area contributed by atoms with Crippen LogP contribution in [-0.4, -0.2) is 43.5 Å². The van der Waals surface area contributed by atoms with Crippen molar-refractivity contribution in [3.8, 4) is 5.75 Å². The number of anilines is 2. The molecule has 0 spiro atoms. The highest BCUT2D eigenvalue weighted by molar-refractivity contribution is 6.04. The molecule has 0 saturated carbocycles. The first-order valence-electron chi connectivity index (χ1n) is 11.1. The normalized spacial score (nSPS) is 19.5. The molecule has 2 aromatic rings. The molecule has 0 aliphatic carbocycles. The summed E-state index contributed by atoms with van der Waals surface area (Å²) in [5, 5.41) is 2.98. The van der Waals surface area contributed by atoms with Crippen LogP contribution in [0.2, 0.25) is 0 Å². The van der Waals surface area contributed by atoms with E-state index in [1.54, 1.807) is 12.0 Å². The second kappa shape index (κ2) is 9.52. The molecule has 2 aromatic carbocycles. The van der Waals surface area contributed by atoms with E-state index >= 15 is 0 Å². The van der Waals surface area contributed by atoms with Gasteiger partial charge in [0, 0.05) is 25.2 Å². The number of nitrogens with zero attached hydrogens (tertiary/aromatic N) is 2. The van der Waals surface area contributed by atoms with Crippen LogP contribution in [0.25, 0.3) is 0 Å². The number of aryl methyl sites for hydroxylation is 1. The number of nitrogens with one attached hydrogen (secondary N) is 1. The average molecular weight is 422 g/mol. The van der Waals surface area contributed by atoms with Crippen molar-refractivity contribution in [2.24, 2.45) is 5.92 Å². The molecule has 2 heterocycles. The first-order valence-corrected chi connectivity index (χ1v) is 11.1. The molecule has 1 atom stereocenters. The minimum absolute atomic E-state index is 0.0547. The SMILES string of the molecule is COc1ccc(C)cc1N1CC(C(=O)Nc2ccc(CN3CCCCC3)cc2)CC1=O. The van der Waals surface area contributed by atoms with Crippen LogP contribution < -0.4 is 15.0 Å². The van der Waals surface area contributed by atoms with E-state index in [1.807, 2.05) is 37.3 Å². The molecule has 0 radical (unpaired) electrons. The smallest absolute Gasteiger partial charge is 0.229 e. The lowest BCUT2D eigenvalue weighted by Gasteiger charge is -2.26. The van der Waals surface area contributed by atoms with Gasteiger partial charge < -0.3 is 15.0 Å². The van der Waals surface area contributed by atoms with Crippen LogP contribution >= 0.6 is 0 Å². The van der Waals surface area contributed by atoms with Crippen LogP contribution in [0.3, 0.4) is 0 Å². The molecule has 4 rings (SSSR count). The second-order valence-corrected chi connectivity index (χ2v) is 8.60. The number of methoxy groups -OCH3 is 1. The summed E-state index contributed by atoms with van der Waals surface area (Å²) in [5.74, 6) is 0.0854. The summed E-state index contributed by atoms with van der Waals surface area (Å²) >= 11 is 0. The molecule has 31 heavy (non-hydrogen) atoms. The molecule has 2 fully saturated rings. The fourth-order valence-electron chi connectivity index (χ4n) is 4.44. The molecule has 6 heteroatoms. The third-order valence-corrected chi connectivity index (χ3v) is 6.20. The van der Waals surface area contributed by atoms with Gasteiger partial charge in [0.25, 0.3) is 0 Å². The summed E-state index contributed by atoms with van der Waals surface area (Å²) in [6.45, 7) is 5.62. The highest BCUT2D eigenvalue weighted by atomic mass is 16.5. The number of carbonyl (C=O) groups is 2. The van der Waals surface area contributed by atoms with E-state index in [4.69, 9.17) is 4.74 Å². The van der Waals surface area contributed by atoms with Gasteiger partial charge in [0.2, 0.25) is 11.8 Å². The Morgan fingerprint density at radius 3 is 2.55 bits per heavy atom. The number of benzene rings is 2. The van der Waals surface area contributed by atoms with Crippen molar-refractivity contribution in [1.29, 1.82) is 0 Å². The molecule has 1 unspecified atom stereocenters. The first-order chi connectivity index (χ1) is 15.0. The fourth-order valence-corrected chi connectivity index (χ4v) is 4.44. The Labute approximate surface area is 184 Å². The number of rotatable bonds is 6.